The molecule has 1 aromatic carbocycles. The molecule has 0 aliphatic carbocycles. The van der Waals surface area contributed by atoms with E-state index in [2.05, 4.69) is 52.5 Å². The molecule has 0 spiro atoms. The minimum atomic E-state index is 0.00802. The zero-order valence-electron chi connectivity index (χ0n) is 12.5. The number of rotatable bonds is 6. The van der Waals surface area contributed by atoms with E-state index in [1.54, 1.807) is 0 Å². The van der Waals surface area contributed by atoms with Crippen molar-refractivity contribution < 1.29 is 4.79 Å². The first kappa shape index (κ1) is 15.6. The molecule has 2 aromatic rings. The number of hydrogen-bond acceptors (Lipinski definition) is 4. The summed E-state index contributed by atoms with van der Waals surface area (Å²) in [5, 5.41) is 10.1. The summed E-state index contributed by atoms with van der Waals surface area (Å²) in [5.41, 5.74) is 3.81. The van der Waals surface area contributed by atoms with Crippen LogP contribution in [0.4, 0.5) is 0 Å². The van der Waals surface area contributed by atoms with Gasteiger partial charge in [0.05, 0.1) is 5.75 Å². The number of aromatic nitrogens is 3. The van der Waals surface area contributed by atoms with Crippen LogP contribution in [-0.2, 0) is 11.2 Å². The molecule has 1 aromatic heterocycles. The number of benzene rings is 1. The third-order valence-corrected chi connectivity index (χ3v) is 4.04. The number of nitrogens with one attached hydrogen (secondary N) is 2. The van der Waals surface area contributed by atoms with E-state index in [0.717, 1.165) is 6.42 Å². The van der Waals surface area contributed by atoms with Crippen molar-refractivity contribution in [3.05, 3.63) is 41.2 Å². The fourth-order valence-electron chi connectivity index (χ4n) is 2.17. The van der Waals surface area contributed by atoms with Crippen molar-refractivity contribution in [2.75, 3.05) is 5.75 Å². The summed E-state index contributed by atoms with van der Waals surface area (Å²) in [5.74, 6) is 0.348. The molecule has 112 valence electrons. The van der Waals surface area contributed by atoms with E-state index >= 15 is 0 Å². The van der Waals surface area contributed by atoms with Crippen LogP contribution in [0.3, 0.4) is 0 Å². The smallest absolute Gasteiger partial charge is 0.230 e. The van der Waals surface area contributed by atoms with Gasteiger partial charge < -0.3 is 5.32 Å². The number of hydrogen-bond donors (Lipinski definition) is 2. The number of thioether (sulfide) groups is 1. The summed E-state index contributed by atoms with van der Waals surface area (Å²) < 4.78 is 0. The molecule has 1 heterocycles. The number of aromatic amines is 1. The van der Waals surface area contributed by atoms with Gasteiger partial charge in [-0.1, -0.05) is 35.5 Å². The summed E-state index contributed by atoms with van der Waals surface area (Å²) in [6.45, 7) is 6.22. The molecule has 0 radical (unpaired) electrons. The van der Waals surface area contributed by atoms with Crippen molar-refractivity contribution in [3.63, 3.8) is 0 Å². The second-order valence-electron chi connectivity index (χ2n) is 5.18. The second-order valence-corrected chi connectivity index (χ2v) is 6.15. The van der Waals surface area contributed by atoms with Crippen molar-refractivity contribution in [1.29, 1.82) is 0 Å². The summed E-state index contributed by atoms with van der Waals surface area (Å²) >= 11 is 1.35. The van der Waals surface area contributed by atoms with Gasteiger partial charge in [0.15, 0.2) is 5.16 Å². The molecule has 2 N–H and O–H groups in total. The number of amides is 1. The molecule has 2 rings (SSSR count). The van der Waals surface area contributed by atoms with Crippen molar-refractivity contribution in [1.82, 2.24) is 20.5 Å². The van der Waals surface area contributed by atoms with Gasteiger partial charge in [0, 0.05) is 6.04 Å². The molecule has 1 amide bonds. The van der Waals surface area contributed by atoms with Crippen LogP contribution < -0.4 is 5.32 Å². The highest BCUT2D eigenvalue weighted by atomic mass is 32.2. The Labute approximate surface area is 128 Å². The summed E-state index contributed by atoms with van der Waals surface area (Å²) in [7, 11) is 0. The van der Waals surface area contributed by atoms with E-state index in [-0.39, 0.29) is 11.9 Å². The molecule has 0 aliphatic rings. The van der Waals surface area contributed by atoms with Crippen LogP contribution in [-0.4, -0.2) is 32.9 Å². The normalized spacial score (nSPS) is 12.1. The summed E-state index contributed by atoms with van der Waals surface area (Å²) in [6.07, 6.45) is 2.27. The molecule has 6 heteroatoms. The SMILES string of the molecule is Cc1ccc(C[C@H](C)NC(=O)CSc2ncn[nH]2)c(C)c1. The van der Waals surface area contributed by atoms with Gasteiger partial charge in [-0.25, -0.2) is 4.98 Å². The molecular weight excluding hydrogens is 284 g/mol. The van der Waals surface area contributed by atoms with Crippen LogP contribution in [0.5, 0.6) is 0 Å². The van der Waals surface area contributed by atoms with Gasteiger partial charge in [-0.3, -0.25) is 9.89 Å². The third-order valence-electron chi connectivity index (χ3n) is 3.16. The van der Waals surface area contributed by atoms with E-state index < -0.39 is 0 Å². The van der Waals surface area contributed by atoms with Gasteiger partial charge in [-0.2, -0.15) is 5.10 Å². The lowest BCUT2D eigenvalue weighted by Crippen LogP contribution is -2.35. The number of carbonyl (C=O) groups excluding carboxylic acids is 1. The van der Waals surface area contributed by atoms with Crippen LogP contribution in [0.25, 0.3) is 0 Å². The van der Waals surface area contributed by atoms with Gasteiger partial charge >= 0.3 is 0 Å². The van der Waals surface area contributed by atoms with Crippen molar-refractivity contribution in [3.8, 4) is 0 Å². The predicted molar refractivity (Wildman–Crippen MR) is 84.3 cm³/mol. The number of aryl methyl sites for hydroxylation is 2. The molecule has 0 saturated heterocycles. The monoisotopic (exact) mass is 304 g/mol. The largest absolute Gasteiger partial charge is 0.353 e. The topological polar surface area (TPSA) is 70.7 Å². The first-order chi connectivity index (χ1) is 10.0. The Kier molecular flexibility index (Phi) is 5.38. The van der Waals surface area contributed by atoms with Crippen LogP contribution in [0, 0.1) is 13.8 Å². The van der Waals surface area contributed by atoms with Crippen molar-refractivity contribution in [2.45, 2.75) is 38.4 Å². The first-order valence-corrected chi connectivity index (χ1v) is 7.87. The quantitative estimate of drug-likeness (QED) is 0.803. The highest BCUT2D eigenvalue weighted by Crippen LogP contribution is 2.13. The standard InChI is InChI=1S/C15H20N4OS/c1-10-4-5-13(11(2)6-10)7-12(3)18-14(20)8-21-15-16-9-17-19-15/h4-6,9,12H,7-8H2,1-3H3,(H,18,20)(H,16,17,19)/t12-/m0/s1. The van der Waals surface area contributed by atoms with Gasteiger partial charge in [-0.05, 0) is 38.3 Å². The Bertz CT molecular complexity index is 598. The molecular formula is C15H20N4OS. The van der Waals surface area contributed by atoms with Gasteiger partial charge in [0.25, 0.3) is 0 Å². The maximum Gasteiger partial charge on any atom is 0.230 e. The Morgan fingerprint density at radius 2 is 2.24 bits per heavy atom. The Morgan fingerprint density at radius 3 is 2.90 bits per heavy atom. The fraction of sp³-hybridized carbons (Fsp3) is 0.400. The van der Waals surface area contributed by atoms with E-state index in [0.29, 0.717) is 10.9 Å². The fourth-order valence-corrected chi connectivity index (χ4v) is 2.76. The molecule has 0 bridgehead atoms. The van der Waals surface area contributed by atoms with Crippen molar-refractivity contribution in [2.24, 2.45) is 0 Å². The molecule has 5 nitrogen and oxygen atoms in total. The molecule has 0 aliphatic heterocycles. The highest BCUT2D eigenvalue weighted by Gasteiger charge is 2.10. The first-order valence-electron chi connectivity index (χ1n) is 6.88. The van der Waals surface area contributed by atoms with Crippen molar-refractivity contribution >= 4 is 17.7 Å². The maximum absolute atomic E-state index is 11.9. The molecule has 0 saturated carbocycles. The maximum atomic E-state index is 11.9. The van der Waals surface area contributed by atoms with E-state index in [1.807, 2.05) is 6.92 Å². The Hall–Kier alpha value is -1.82. The van der Waals surface area contributed by atoms with E-state index in [4.69, 9.17) is 0 Å². The highest BCUT2D eigenvalue weighted by molar-refractivity contribution is 7.99. The van der Waals surface area contributed by atoms with Crippen LogP contribution in [0.15, 0.2) is 29.7 Å². The van der Waals surface area contributed by atoms with Gasteiger partial charge in [0.2, 0.25) is 5.91 Å². The van der Waals surface area contributed by atoms with Gasteiger partial charge in [0.1, 0.15) is 6.33 Å². The van der Waals surface area contributed by atoms with Gasteiger partial charge in [-0.15, -0.1) is 0 Å². The minimum Gasteiger partial charge on any atom is -0.353 e. The minimum absolute atomic E-state index is 0.00802. The van der Waals surface area contributed by atoms with E-state index in [9.17, 15) is 4.79 Å². The lowest BCUT2D eigenvalue weighted by atomic mass is 10.00. The Balaban J connectivity index is 1.80. The zero-order valence-corrected chi connectivity index (χ0v) is 13.3. The summed E-state index contributed by atoms with van der Waals surface area (Å²) in [4.78, 5) is 15.9. The second kappa shape index (κ2) is 7.26. The predicted octanol–water partition coefficient (Wildman–Crippen LogP) is 2.26. The number of nitrogens with zero attached hydrogens (tertiary/aromatic N) is 2. The molecule has 1 atom stereocenters. The average molecular weight is 304 g/mol. The molecule has 0 fully saturated rings. The summed E-state index contributed by atoms with van der Waals surface area (Å²) in [6, 6.07) is 6.52. The molecule has 0 unspecified atom stereocenters. The number of carbonyl (C=O) groups is 1. The average Bonchev–Trinajstić information content (AvgIpc) is 2.93. The Morgan fingerprint density at radius 1 is 1.43 bits per heavy atom. The lowest BCUT2D eigenvalue weighted by molar-refractivity contribution is -0.119. The number of H-pyrrole nitrogens is 1. The third kappa shape index (κ3) is 4.90. The van der Waals surface area contributed by atoms with Crippen LogP contribution in [0.2, 0.25) is 0 Å². The van der Waals surface area contributed by atoms with Crippen LogP contribution in [0.1, 0.15) is 23.6 Å². The van der Waals surface area contributed by atoms with E-state index in [1.165, 1.54) is 34.8 Å². The molecule has 21 heavy (non-hydrogen) atoms. The zero-order chi connectivity index (χ0) is 15.2. The van der Waals surface area contributed by atoms with Crippen LogP contribution >= 0.6 is 11.8 Å². The lowest BCUT2D eigenvalue weighted by Gasteiger charge is -2.15.